The van der Waals surface area contributed by atoms with Gasteiger partial charge >= 0.3 is 5.97 Å². The highest BCUT2D eigenvalue weighted by atomic mass is 16.5. The molecule has 0 bridgehead atoms. The molecule has 0 heterocycles. The van der Waals surface area contributed by atoms with Crippen molar-refractivity contribution in [2.45, 2.75) is 270 Å². The molecule has 3 N–H and O–H groups in total. The van der Waals surface area contributed by atoms with Gasteiger partial charge in [-0.15, -0.1) is 0 Å². The van der Waals surface area contributed by atoms with Crippen molar-refractivity contribution in [2.24, 2.45) is 0 Å². The molecule has 1 amide bonds. The minimum absolute atomic E-state index is 0.0650. The summed E-state index contributed by atoms with van der Waals surface area (Å²) >= 11 is 0. The molecule has 0 aromatic heterocycles. The molecule has 61 heavy (non-hydrogen) atoms. The van der Waals surface area contributed by atoms with Crippen LogP contribution in [0.15, 0.2) is 60.8 Å². The highest BCUT2D eigenvalue weighted by Crippen LogP contribution is 2.18. The molecule has 0 aliphatic heterocycles. The van der Waals surface area contributed by atoms with E-state index >= 15 is 0 Å². The highest BCUT2D eigenvalue weighted by Gasteiger charge is 2.24. The number of nitrogens with one attached hydrogen (secondary N) is 1. The first-order valence-electron chi connectivity index (χ1n) is 26.0. The van der Waals surface area contributed by atoms with Gasteiger partial charge < -0.3 is 20.3 Å². The first-order valence-corrected chi connectivity index (χ1v) is 26.0. The molecule has 6 nitrogen and oxygen atoms in total. The quantitative estimate of drug-likeness (QED) is 0.0322. The summed E-state index contributed by atoms with van der Waals surface area (Å²) in [5.74, 6) is -0.507. The van der Waals surface area contributed by atoms with Crippen molar-refractivity contribution in [3.05, 3.63) is 60.8 Å². The first-order chi connectivity index (χ1) is 30.0. The summed E-state index contributed by atoms with van der Waals surface area (Å²) in [4.78, 5) is 26.1. The van der Waals surface area contributed by atoms with Gasteiger partial charge in [0.1, 0.15) is 6.10 Å². The number of unbranched alkanes of at least 4 members (excludes halogenated alkanes) is 24. The maximum atomic E-state index is 13.2. The molecule has 0 spiro atoms. The van der Waals surface area contributed by atoms with Crippen LogP contribution in [0.4, 0.5) is 0 Å². The maximum absolute atomic E-state index is 13.2. The average molecular weight is 854 g/mol. The van der Waals surface area contributed by atoms with Crippen LogP contribution in [0.1, 0.15) is 252 Å². The van der Waals surface area contributed by atoms with E-state index in [4.69, 9.17) is 4.74 Å². The molecule has 0 aliphatic carbocycles. The number of allylic oxidation sites excluding steroid dienone is 10. The summed E-state index contributed by atoms with van der Waals surface area (Å²) in [5.41, 5.74) is 0. The topological polar surface area (TPSA) is 95.9 Å². The number of amides is 1. The van der Waals surface area contributed by atoms with Crippen LogP contribution in [0, 0.1) is 0 Å². The van der Waals surface area contributed by atoms with Gasteiger partial charge in [-0.25, -0.2) is 0 Å². The largest absolute Gasteiger partial charge is 0.462 e. The third-order valence-electron chi connectivity index (χ3n) is 11.6. The van der Waals surface area contributed by atoms with Crippen molar-refractivity contribution in [1.29, 1.82) is 0 Å². The third kappa shape index (κ3) is 44.0. The molecule has 0 aromatic rings. The van der Waals surface area contributed by atoms with Crippen molar-refractivity contribution in [1.82, 2.24) is 5.32 Å². The average Bonchev–Trinajstić information content (AvgIpc) is 3.25. The lowest BCUT2D eigenvalue weighted by atomic mass is 10.0. The number of esters is 1. The second-order valence-electron chi connectivity index (χ2n) is 17.5. The molecule has 0 fully saturated rings. The molecule has 354 valence electrons. The van der Waals surface area contributed by atoms with Crippen molar-refractivity contribution in [2.75, 3.05) is 6.61 Å². The zero-order chi connectivity index (χ0) is 44.5. The van der Waals surface area contributed by atoms with E-state index in [0.29, 0.717) is 19.3 Å². The number of aliphatic hydroxyl groups is 2. The zero-order valence-corrected chi connectivity index (χ0v) is 40.3. The van der Waals surface area contributed by atoms with Crippen LogP contribution < -0.4 is 5.32 Å². The number of carbonyl (C=O) groups is 2. The molecular formula is C55H99NO5. The Morgan fingerprint density at radius 1 is 0.492 bits per heavy atom. The number of hydrogen-bond donors (Lipinski definition) is 3. The monoisotopic (exact) mass is 854 g/mol. The molecule has 0 rings (SSSR count). The van der Waals surface area contributed by atoms with Gasteiger partial charge in [0, 0.05) is 6.42 Å². The number of rotatable bonds is 46. The van der Waals surface area contributed by atoms with Gasteiger partial charge in [-0.05, 0) is 70.6 Å². The van der Waals surface area contributed by atoms with E-state index in [2.05, 4.69) is 86.8 Å². The minimum atomic E-state index is -0.792. The zero-order valence-electron chi connectivity index (χ0n) is 40.3. The van der Waals surface area contributed by atoms with Crippen LogP contribution >= 0.6 is 0 Å². The summed E-state index contributed by atoms with van der Waals surface area (Å²) < 4.78 is 5.92. The van der Waals surface area contributed by atoms with Gasteiger partial charge in [0.25, 0.3) is 0 Å². The van der Waals surface area contributed by atoms with E-state index in [-0.39, 0.29) is 24.9 Å². The van der Waals surface area contributed by atoms with E-state index < -0.39 is 18.2 Å². The Bertz CT molecular complexity index is 1090. The van der Waals surface area contributed by atoms with Gasteiger partial charge in [-0.2, -0.15) is 0 Å². The fraction of sp³-hybridized carbons (Fsp3) is 0.782. The number of ether oxygens (including phenoxy) is 1. The van der Waals surface area contributed by atoms with E-state index in [9.17, 15) is 19.8 Å². The summed E-state index contributed by atoms with van der Waals surface area (Å²) in [5, 5.41) is 23.7. The number of aliphatic hydroxyl groups excluding tert-OH is 2. The molecule has 3 unspecified atom stereocenters. The Morgan fingerprint density at radius 3 is 1.33 bits per heavy atom. The van der Waals surface area contributed by atoms with Crippen molar-refractivity contribution in [3.63, 3.8) is 0 Å². The molecule has 0 aliphatic rings. The normalized spacial score (nSPS) is 13.7. The van der Waals surface area contributed by atoms with Crippen LogP contribution in [0.2, 0.25) is 0 Å². The van der Waals surface area contributed by atoms with Gasteiger partial charge in [0.2, 0.25) is 5.91 Å². The second kappa shape index (κ2) is 48.6. The standard InChI is InChI=1S/C55H99NO5/c1-4-7-10-13-16-19-22-24-25-26-27-28-29-31-33-36-39-42-45-48-55(60)61-51(46-43-40-37-34-32-30-23-20-17-14-11-8-5-2)49-54(59)56-52(50-57)53(58)47-44-41-38-35-21-18-15-12-9-6-3/h7,10,16,19,24-25,27-28,31,33,51-53,57-58H,4-6,8-9,11-15,17-18,20-23,26,29-30,32,34-50H2,1-3H3,(H,56,59)/b10-7-,19-16-,25-24-,28-27-,33-31-. The van der Waals surface area contributed by atoms with Gasteiger partial charge in [0.05, 0.1) is 25.2 Å². The summed E-state index contributed by atoms with van der Waals surface area (Å²) in [6.07, 6.45) is 59.9. The Kier molecular flexibility index (Phi) is 46.6. The Balaban J connectivity index is 4.60. The van der Waals surface area contributed by atoms with Gasteiger partial charge in [-0.3, -0.25) is 9.59 Å². The van der Waals surface area contributed by atoms with Crippen molar-refractivity contribution in [3.8, 4) is 0 Å². The van der Waals surface area contributed by atoms with Gasteiger partial charge in [-0.1, -0.05) is 229 Å². The minimum Gasteiger partial charge on any atom is -0.462 e. The molecule has 3 atom stereocenters. The number of hydrogen-bond acceptors (Lipinski definition) is 5. The summed E-state index contributed by atoms with van der Waals surface area (Å²) in [6.45, 7) is 6.36. The molecule has 0 saturated carbocycles. The van der Waals surface area contributed by atoms with Crippen LogP contribution in [0.5, 0.6) is 0 Å². The SMILES string of the molecule is CC/C=C\C/C=C\C/C=C\C/C=C\C/C=C\CCCCCC(=O)OC(CCCCCCCCCCCCCCC)CC(=O)NC(CO)C(O)CCCCCCCCCCCC. The molecule has 6 heteroatoms. The van der Waals surface area contributed by atoms with E-state index in [1.807, 2.05) is 0 Å². The van der Waals surface area contributed by atoms with E-state index in [1.54, 1.807) is 0 Å². The van der Waals surface area contributed by atoms with Crippen LogP contribution in [-0.4, -0.2) is 46.9 Å². The Hall–Kier alpha value is -2.44. The lowest BCUT2D eigenvalue weighted by Crippen LogP contribution is -2.46. The molecular weight excluding hydrogens is 755 g/mol. The Labute approximate surface area is 378 Å². The van der Waals surface area contributed by atoms with Crippen LogP contribution in [0.3, 0.4) is 0 Å². The predicted molar refractivity (Wildman–Crippen MR) is 264 cm³/mol. The van der Waals surface area contributed by atoms with Crippen LogP contribution in [-0.2, 0) is 14.3 Å². The Morgan fingerprint density at radius 2 is 0.885 bits per heavy atom. The van der Waals surface area contributed by atoms with Crippen molar-refractivity contribution >= 4 is 11.9 Å². The van der Waals surface area contributed by atoms with Crippen molar-refractivity contribution < 1.29 is 24.5 Å². The lowest BCUT2D eigenvalue weighted by molar-refractivity contribution is -0.151. The highest BCUT2D eigenvalue weighted by molar-refractivity contribution is 5.77. The molecule has 0 radical (unpaired) electrons. The second-order valence-corrected chi connectivity index (χ2v) is 17.5. The van der Waals surface area contributed by atoms with E-state index in [1.165, 1.54) is 116 Å². The lowest BCUT2D eigenvalue weighted by Gasteiger charge is -2.24. The number of carbonyl (C=O) groups excluding carboxylic acids is 2. The molecule has 0 saturated heterocycles. The predicted octanol–water partition coefficient (Wildman–Crippen LogP) is 15.6. The smallest absolute Gasteiger partial charge is 0.306 e. The summed E-state index contributed by atoms with van der Waals surface area (Å²) in [7, 11) is 0. The van der Waals surface area contributed by atoms with E-state index in [0.717, 1.165) is 89.9 Å². The fourth-order valence-electron chi connectivity index (χ4n) is 7.69. The molecule has 0 aromatic carbocycles. The maximum Gasteiger partial charge on any atom is 0.306 e. The fourth-order valence-corrected chi connectivity index (χ4v) is 7.69. The van der Waals surface area contributed by atoms with Gasteiger partial charge in [0.15, 0.2) is 0 Å². The van der Waals surface area contributed by atoms with Crippen LogP contribution in [0.25, 0.3) is 0 Å². The first kappa shape index (κ1) is 58.6. The third-order valence-corrected chi connectivity index (χ3v) is 11.6. The summed E-state index contributed by atoms with van der Waals surface area (Å²) in [6, 6.07) is -0.707.